The molecule has 0 saturated heterocycles. The molecule has 3 nitrogen and oxygen atoms in total. The van der Waals surface area contributed by atoms with Gasteiger partial charge in [-0.15, -0.1) is 0 Å². The van der Waals surface area contributed by atoms with Crippen LogP contribution in [0.2, 0.25) is 0 Å². The molecule has 0 spiro atoms. The first-order valence-electron chi connectivity index (χ1n) is 6.36. The number of halogens is 3. The van der Waals surface area contributed by atoms with E-state index in [1.54, 1.807) is 0 Å². The number of carbonyl (C=O) groups is 1. The van der Waals surface area contributed by atoms with Gasteiger partial charge < -0.3 is 0 Å². The van der Waals surface area contributed by atoms with Crippen LogP contribution >= 0.6 is 0 Å². The predicted octanol–water partition coefficient (Wildman–Crippen LogP) is 4.00. The second-order valence-electron chi connectivity index (χ2n) is 5.79. The van der Waals surface area contributed by atoms with Crippen molar-refractivity contribution in [2.24, 2.45) is 0 Å². The summed E-state index contributed by atoms with van der Waals surface area (Å²) in [5.74, 6) is 0. The number of alkyl halides is 3. The summed E-state index contributed by atoms with van der Waals surface area (Å²) in [6, 6.07) is 4.84. The minimum Gasteiger partial charge on any atom is -0.298 e. The topological polar surface area (TPSA) is 34.9 Å². The van der Waals surface area contributed by atoms with Crippen molar-refractivity contribution in [1.82, 2.24) is 9.78 Å². The molecule has 0 aliphatic carbocycles. The highest BCUT2D eigenvalue weighted by atomic mass is 19.4. The van der Waals surface area contributed by atoms with Crippen LogP contribution in [0.15, 0.2) is 30.5 Å². The SMILES string of the molecule is CC(C)(C)c1nn(-c2cccc(C(F)(F)F)c2)cc1C=O. The van der Waals surface area contributed by atoms with Gasteiger partial charge in [0.1, 0.15) is 0 Å². The fraction of sp³-hybridized carbons (Fsp3) is 0.333. The van der Waals surface area contributed by atoms with Crippen molar-refractivity contribution in [3.8, 4) is 5.69 Å². The van der Waals surface area contributed by atoms with E-state index in [2.05, 4.69) is 5.10 Å². The first kappa shape index (κ1) is 15.3. The number of hydrogen-bond acceptors (Lipinski definition) is 2. The Morgan fingerprint density at radius 3 is 2.33 bits per heavy atom. The second kappa shape index (κ2) is 5.02. The number of rotatable bonds is 2. The quantitative estimate of drug-likeness (QED) is 0.785. The van der Waals surface area contributed by atoms with Crippen LogP contribution in [0.25, 0.3) is 5.69 Å². The zero-order chi connectivity index (χ0) is 15.8. The van der Waals surface area contributed by atoms with Crippen molar-refractivity contribution in [1.29, 1.82) is 0 Å². The fourth-order valence-electron chi connectivity index (χ4n) is 2.01. The van der Waals surface area contributed by atoms with Gasteiger partial charge >= 0.3 is 6.18 Å². The highest BCUT2D eigenvalue weighted by molar-refractivity contribution is 5.77. The molecule has 0 bridgehead atoms. The number of benzene rings is 1. The van der Waals surface area contributed by atoms with Crippen LogP contribution in [0.4, 0.5) is 13.2 Å². The van der Waals surface area contributed by atoms with E-state index in [1.165, 1.54) is 23.0 Å². The summed E-state index contributed by atoms with van der Waals surface area (Å²) in [6.45, 7) is 5.66. The van der Waals surface area contributed by atoms with E-state index >= 15 is 0 Å². The maximum Gasteiger partial charge on any atom is 0.416 e. The van der Waals surface area contributed by atoms with Gasteiger partial charge in [-0.25, -0.2) is 4.68 Å². The van der Waals surface area contributed by atoms with Gasteiger partial charge in [0.05, 0.1) is 22.5 Å². The Labute approximate surface area is 120 Å². The molecule has 0 radical (unpaired) electrons. The lowest BCUT2D eigenvalue weighted by atomic mass is 9.90. The van der Waals surface area contributed by atoms with Crippen LogP contribution < -0.4 is 0 Å². The molecule has 2 rings (SSSR count). The maximum atomic E-state index is 12.7. The molecule has 21 heavy (non-hydrogen) atoms. The zero-order valence-electron chi connectivity index (χ0n) is 11.9. The van der Waals surface area contributed by atoms with E-state index < -0.39 is 11.7 Å². The lowest BCUT2D eigenvalue weighted by Crippen LogP contribution is -2.14. The Hall–Kier alpha value is -2.11. The highest BCUT2D eigenvalue weighted by Gasteiger charge is 2.31. The first-order valence-corrected chi connectivity index (χ1v) is 6.36. The molecule has 0 aliphatic heterocycles. The molecular formula is C15H15F3N2O. The van der Waals surface area contributed by atoms with Crippen LogP contribution in [0, 0.1) is 0 Å². The molecular weight excluding hydrogens is 281 g/mol. The maximum absolute atomic E-state index is 12.7. The number of nitrogens with zero attached hydrogens (tertiary/aromatic N) is 2. The van der Waals surface area contributed by atoms with Crippen LogP contribution in [0.5, 0.6) is 0 Å². The Balaban J connectivity index is 2.53. The summed E-state index contributed by atoms with van der Waals surface area (Å²) in [6.07, 6.45) is -2.30. The molecule has 0 saturated carbocycles. The van der Waals surface area contributed by atoms with Crippen molar-refractivity contribution in [2.75, 3.05) is 0 Å². The van der Waals surface area contributed by atoms with Gasteiger partial charge in [-0.1, -0.05) is 26.8 Å². The third-order valence-electron chi connectivity index (χ3n) is 3.02. The van der Waals surface area contributed by atoms with Crippen molar-refractivity contribution < 1.29 is 18.0 Å². The van der Waals surface area contributed by atoms with E-state index in [-0.39, 0.29) is 11.1 Å². The summed E-state index contributed by atoms with van der Waals surface area (Å²) in [4.78, 5) is 11.1. The summed E-state index contributed by atoms with van der Waals surface area (Å²) in [5, 5.41) is 4.26. The molecule has 0 unspecified atom stereocenters. The first-order chi connectivity index (χ1) is 9.63. The molecule has 0 N–H and O–H groups in total. The summed E-state index contributed by atoms with van der Waals surface area (Å²) in [7, 11) is 0. The predicted molar refractivity (Wildman–Crippen MR) is 72.7 cm³/mol. The molecule has 1 aromatic carbocycles. The van der Waals surface area contributed by atoms with Crippen LogP contribution in [0.1, 0.15) is 42.4 Å². The van der Waals surface area contributed by atoms with E-state index in [4.69, 9.17) is 0 Å². The van der Waals surface area contributed by atoms with Gasteiger partial charge in [0.25, 0.3) is 0 Å². The fourth-order valence-corrected chi connectivity index (χ4v) is 2.01. The van der Waals surface area contributed by atoms with Crippen LogP contribution in [0.3, 0.4) is 0 Å². The normalized spacial score (nSPS) is 12.5. The Kier molecular flexibility index (Phi) is 3.65. The number of aldehydes is 1. The largest absolute Gasteiger partial charge is 0.416 e. The number of aromatic nitrogens is 2. The number of carbonyl (C=O) groups excluding carboxylic acids is 1. The number of hydrogen-bond donors (Lipinski definition) is 0. The van der Waals surface area contributed by atoms with E-state index in [0.29, 0.717) is 17.5 Å². The minimum absolute atomic E-state index is 0.267. The van der Waals surface area contributed by atoms with Gasteiger partial charge in [-0.2, -0.15) is 18.3 Å². The van der Waals surface area contributed by atoms with E-state index in [9.17, 15) is 18.0 Å². The van der Waals surface area contributed by atoms with Gasteiger partial charge in [-0.3, -0.25) is 4.79 Å². The average molecular weight is 296 g/mol. The van der Waals surface area contributed by atoms with Gasteiger partial charge in [-0.05, 0) is 18.2 Å². The van der Waals surface area contributed by atoms with Gasteiger partial charge in [0.15, 0.2) is 6.29 Å². The van der Waals surface area contributed by atoms with Crippen LogP contribution in [-0.4, -0.2) is 16.1 Å². The molecule has 112 valence electrons. The smallest absolute Gasteiger partial charge is 0.298 e. The van der Waals surface area contributed by atoms with Crippen LogP contribution in [-0.2, 0) is 11.6 Å². The Bertz CT molecular complexity index is 666. The average Bonchev–Trinajstić information content (AvgIpc) is 2.82. The molecule has 0 fully saturated rings. The molecule has 1 heterocycles. The molecule has 6 heteroatoms. The van der Waals surface area contributed by atoms with E-state index in [1.807, 2.05) is 20.8 Å². The van der Waals surface area contributed by atoms with Gasteiger partial charge in [0, 0.05) is 11.6 Å². The monoisotopic (exact) mass is 296 g/mol. The standard InChI is InChI=1S/C15H15F3N2O/c1-14(2,3)13-10(9-21)8-20(19-13)12-6-4-5-11(7-12)15(16,17)18/h4-9H,1-3H3. The minimum atomic E-state index is -4.41. The molecule has 0 aliphatic rings. The summed E-state index contributed by atoms with van der Waals surface area (Å²) < 4.78 is 39.5. The van der Waals surface area contributed by atoms with Crippen molar-refractivity contribution >= 4 is 6.29 Å². The lowest BCUT2D eigenvalue weighted by Gasteiger charge is -2.15. The van der Waals surface area contributed by atoms with Crippen molar-refractivity contribution in [3.63, 3.8) is 0 Å². The molecule has 0 amide bonds. The Morgan fingerprint density at radius 2 is 1.86 bits per heavy atom. The second-order valence-corrected chi connectivity index (χ2v) is 5.79. The third kappa shape index (κ3) is 3.15. The summed E-state index contributed by atoms with van der Waals surface area (Å²) >= 11 is 0. The third-order valence-corrected chi connectivity index (χ3v) is 3.02. The lowest BCUT2D eigenvalue weighted by molar-refractivity contribution is -0.137. The molecule has 0 atom stereocenters. The van der Waals surface area contributed by atoms with Crippen molar-refractivity contribution in [2.45, 2.75) is 32.4 Å². The van der Waals surface area contributed by atoms with Crippen molar-refractivity contribution in [3.05, 3.63) is 47.3 Å². The zero-order valence-corrected chi connectivity index (χ0v) is 11.9. The molecule has 2 aromatic rings. The highest BCUT2D eigenvalue weighted by Crippen LogP contribution is 2.31. The Morgan fingerprint density at radius 1 is 1.19 bits per heavy atom. The summed E-state index contributed by atoms with van der Waals surface area (Å²) in [5.41, 5.74) is 0.0714. The molecule has 1 aromatic heterocycles. The van der Waals surface area contributed by atoms with E-state index in [0.717, 1.165) is 12.1 Å². The van der Waals surface area contributed by atoms with Gasteiger partial charge in [0.2, 0.25) is 0 Å².